The highest BCUT2D eigenvalue weighted by Crippen LogP contribution is 2.26. The van der Waals surface area contributed by atoms with E-state index in [0.29, 0.717) is 18.7 Å². The molecule has 1 aliphatic heterocycles. The number of hydrogen-bond donors (Lipinski definition) is 2. The third-order valence-electron chi connectivity index (χ3n) is 4.02. The topological polar surface area (TPSA) is 71.2 Å². The number of ether oxygens (including phenoxy) is 1. The van der Waals surface area contributed by atoms with Gasteiger partial charge in [-0.2, -0.15) is 0 Å². The molecule has 2 N–H and O–H groups in total. The van der Waals surface area contributed by atoms with Gasteiger partial charge in [0.05, 0.1) is 6.61 Å². The molecule has 2 aromatic rings. The molecule has 25 heavy (non-hydrogen) atoms. The summed E-state index contributed by atoms with van der Waals surface area (Å²) in [5.41, 5.74) is 2.07. The van der Waals surface area contributed by atoms with Crippen LogP contribution in [0.2, 0.25) is 5.02 Å². The summed E-state index contributed by atoms with van der Waals surface area (Å²) in [5, 5.41) is 3.07. The third-order valence-corrected chi connectivity index (χ3v) is 4.32. The second-order valence-electron chi connectivity index (χ2n) is 5.80. The van der Waals surface area contributed by atoms with Crippen LogP contribution in [0.1, 0.15) is 31.0 Å². The fraction of sp³-hybridized carbons (Fsp3) is 0.263. The Labute approximate surface area is 150 Å². The molecule has 130 valence electrons. The van der Waals surface area contributed by atoms with Gasteiger partial charge in [0.2, 0.25) is 5.91 Å². The van der Waals surface area contributed by atoms with E-state index in [1.54, 1.807) is 12.1 Å². The second-order valence-corrected chi connectivity index (χ2v) is 6.21. The van der Waals surface area contributed by atoms with Crippen molar-refractivity contribution in [1.29, 1.82) is 0 Å². The molecule has 1 saturated heterocycles. The molecule has 0 saturated carbocycles. The second kappa shape index (κ2) is 7.57. The summed E-state index contributed by atoms with van der Waals surface area (Å²) in [6.45, 7) is 2.53. The Hall–Kier alpha value is -2.53. The SMILES string of the molecule is CCOc1ccc(/C(=C\[C@H]2CCC(=O)N2)c2ccc(Cl)c(=O)[nH]2)cc1. The van der Waals surface area contributed by atoms with Crippen molar-refractivity contribution >= 4 is 23.1 Å². The van der Waals surface area contributed by atoms with Crippen molar-refractivity contribution in [1.82, 2.24) is 10.3 Å². The molecule has 1 amide bonds. The predicted molar refractivity (Wildman–Crippen MR) is 97.9 cm³/mol. The van der Waals surface area contributed by atoms with E-state index in [1.807, 2.05) is 37.3 Å². The van der Waals surface area contributed by atoms with Crippen molar-refractivity contribution in [2.24, 2.45) is 0 Å². The lowest BCUT2D eigenvalue weighted by atomic mass is 9.99. The number of nitrogens with one attached hydrogen (secondary N) is 2. The van der Waals surface area contributed by atoms with E-state index in [0.717, 1.165) is 23.3 Å². The van der Waals surface area contributed by atoms with Gasteiger partial charge in [0, 0.05) is 23.7 Å². The minimum atomic E-state index is -0.341. The first-order chi connectivity index (χ1) is 12.1. The van der Waals surface area contributed by atoms with Gasteiger partial charge in [-0.3, -0.25) is 9.59 Å². The van der Waals surface area contributed by atoms with Gasteiger partial charge < -0.3 is 15.0 Å². The Balaban J connectivity index is 2.01. The van der Waals surface area contributed by atoms with Crippen LogP contribution in [0.25, 0.3) is 5.57 Å². The van der Waals surface area contributed by atoms with Gasteiger partial charge in [-0.15, -0.1) is 0 Å². The maximum Gasteiger partial charge on any atom is 0.267 e. The van der Waals surface area contributed by atoms with Crippen LogP contribution in [0.15, 0.2) is 47.3 Å². The quantitative estimate of drug-likeness (QED) is 0.862. The first-order valence-corrected chi connectivity index (χ1v) is 8.58. The fourth-order valence-electron chi connectivity index (χ4n) is 2.82. The molecule has 1 fully saturated rings. The summed E-state index contributed by atoms with van der Waals surface area (Å²) in [6, 6.07) is 10.9. The Morgan fingerprint density at radius 3 is 2.60 bits per heavy atom. The predicted octanol–water partition coefficient (Wildman–Crippen LogP) is 3.14. The zero-order valence-corrected chi connectivity index (χ0v) is 14.6. The van der Waals surface area contributed by atoms with Crippen LogP contribution in [-0.4, -0.2) is 23.5 Å². The van der Waals surface area contributed by atoms with E-state index < -0.39 is 0 Å². The normalized spacial score (nSPS) is 17.4. The molecule has 1 aromatic carbocycles. The lowest BCUT2D eigenvalue weighted by molar-refractivity contribution is -0.119. The molecule has 0 spiro atoms. The van der Waals surface area contributed by atoms with Crippen molar-refractivity contribution in [3.8, 4) is 5.75 Å². The highest BCUT2D eigenvalue weighted by Gasteiger charge is 2.20. The zero-order valence-electron chi connectivity index (χ0n) is 13.8. The Morgan fingerprint density at radius 2 is 2.00 bits per heavy atom. The van der Waals surface area contributed by atoms with Crippen molar-refractivity contribution in [3.63, 3.8) is 0 Å². The lowest BCUT2D eigenvalue weighted by Crippen LogP contribution is -2.23. The smallest absolute Gasteiger partial charge is 0.267 e. The van der Waals surface area contributed by atoms with E-state index in [-0.39, 0.29) is 22.5 Å². The number of aromatic amines is 1. The number of halogens is 1. The maximum absolute atomic E-state index is 11.9. The monoisotopic (exact) mass is 358 g/mol. The fourth-order valence-corrected chi connectivity index (χ4v) is 2.93. The van der Waals surface area contributed by atoms with Crippen LogP contribution >= 0.6 is 11.6 Å². The van der Waals surface area contributed by atoms with E-state index >= 15 is 0 Å². The molecule has 5 nitrogen and oxygen atoms in total. The van der Waals surface area contributed by atoms with Crippen molar-refractivity contribution in [2.75, 3.05) is 6.61 Å². The van der Waals surface area contributed by atoms with Gasteiger partial charge in [-0.05, 0) is 43.2 Å². The molecule has 0 bridgehead atoms. The van der Waals surface area contributed by atoms with Crippen LogP contribution in [0.3, 0.4) is 0 Å². The molecule has 1 aromatic heterocycles. The van der Waals surface area contributed by atoms with Crippen LogP contribution in [0.4, 0.5) is 0 Å². The third kappa shape index (κ3) is 4.12. The van der Waals surface area contributed by atoms with Crippen LogP contribution < -0.4 is 15.6 Å². The van der Waals surface area contributed by atoms with E-state index in [2.05, 4.69) is 10.3 Å². The summed E-state index contributed by atoms with van der Waals surface area (Å²) in [5.74, 6) is 0.821. The highest BCUT2D eigenvalue weighted by atomic mass is 35.5. The number of aromatic nitrogens is 1. The molecule has 0 aliphatic carbocycles. The van der Waals surface area contributed by atoms with Crippen LogP contribution in [0, 0.1) is 0 Å². The van der Waals surface area contributed by atoms with E-state index in [4.69, 9.17) is 16.3 Å². The van der Waals surface area contributed by atoms with Gasteiger partial charge in [0.1, 0.15) is 10.8 Å². The van der Waals surface area contributed by atoms with Crippen LogP contribution in [0.5, 0.6) is 5.75 Å². The number of pyridine rings is 1. The summed E-state index contributed by atoms with van der Waals surface area (Å²) < 4.78 is 5.48. The number of benzene rings is 1. The van der Waals surface area contributed by atoms with Gasteiger partial charge in [-0.1, -0.05) is 29.8 Å². The molecule has 1 aliphatic rings. The van der Waals surface area contributed by atoms with Crippen LogP contribution in [-0.2, 0) is 4.79 Å². The van der Waals surface area contributed by atoms with Gasteiger partial charge in [0.25, 0.3) is 5.56 Å². The average molecular weight is 359 g/mol. The molecule has 0 radical (unpaired) electrons. The molecule has 2 heterocycles. The molecule has 1 atom stereocenters. The zero-order chi connectivity index (χ0) is 17.8. The Bertz CT molecular complexity index is 856. The molecular formula is C19H19ClN2O3. The van der Waals surface area contributed by atoms with Crippen molar-refractivity contribution in [3.05, 3.63) is 69.1 Å². The summed E-state index contributed by atoms with van der Waals surface area (Å²) >= 11 is 5.84. The Kier molecular flexibility index (Phi) is 5.24. The van der Waals surface area contributed by atoms with Crippen molar-refractivity contribution in [2.45, 2.75) is 25.8 Å². The summed E-state index contributed by atoms with van der Waals surface area (Å²) in [4.78, 5) is 26.2. The molecule has 3 rings (SSSR count). The number of hydrogen-bond acceptors (Lipinski definition) is 3. The standard InChI is InChI=1S/C19H19ClN2O3/c1-2-25-14-6-3-12(4-7-14)15(11-13-5-10-18(23)21-13)17-9-8-16(20)19(24)22-17/h3-4,6-9,11,13H,2,5,10H2,1H3,(H,21,23)(H,22,24)/b15-11+/t13-/m1/s1. The summed E-state index contributed by atoms with van der Waals surface area (Å²) in [6.07, 6.45) is 3.21. The average Bonchev–Trinajstić information content (AvgIpc) is 3.02. The van der Waals surface area contributed by atoms with Gasteiger partial charge >= 0.3 is 0 Å². The molecule has 0 unspecified atom stereocenters. The number of rotatable bonds is 5. The maximum atomic E-state index is 11.9. The minimum absolute atomic E-state index is 0.0388. The van der Waals surface area contributed by atoms with E-state index in [9.17, 15) is 9.59 Å². The van der Waals surface area contributed by atoms with Crippen molar-refractivity contribution < 1.29 is 9.53 Å². The molecular weight excluding hydrogens is 340 g/mol. The number of carbonyl (C=O) groups excluding carboxylic acids is 1. The molecule has 6 heteroatoms. The Morgan fingerprint density at radius 1 is 1.24 bits per heavy atom. The summed E-state index contributed by atoms with van der Waals surface area (Å²) in [7, 11) is 0. The number of H-pyrrole nitrogens is 1. The highest BCUT2D eigenvalue weighted by molar-refractivity contribution is 6.30. The lowest BCUT2D eigenvalue weighted by Gasteiger charge is -2.13. The first-order valence-electron chi connectivity index (χ1n) is 8.20. The number of amides is 1. The van der Waals surface area contributed by atoms with Gasteiger partial charge in [0.15, 0.2) is 0 Å². The number of carbonyl (C=O) groups is 1. The first kappa shape index (κ1) is 17.3. The van der Waals surface area contributed by atoms with E-state index in [1.165, 1.54) is 0 Å². The minimum Gasteiger partial charge on any atom is -0.494 e. The largest absolute Gasteiger partial charge is 0.494 e. The van der Waals surface area contributed by atoms with Gasteiger partial charge in [-0.25, -0.2) is 0 Å².